The Balaban J connectivity index is 3.01. The van der Waals surface area contributed by atoms with E-state index in [-0.39, 0.29) is 5.65 Å². The summed E-state index contributed by atoms with van der Waals surface area (Å²) in [5.41, 5.74) is -0.594. The summed E-state index contributed by atoms with van der Waals surface area (Å²) in [7, 11) is 0. The lowest BCUT2D eigenvalue weighted by Crippen LogP contribution is -2.23. The standard InChI is InChI=1S/C10H8N2O4/c1-5-3-2-4-12-7(5)11-8(13)6(9(12)14)10(15)16/h2-4,13H,1H3,(H,15,16). The number of pyridine rings is 1. The lowest BCUT2D eigenvalue weighted by atomic mass is 10.2. The molecule has 0 aliphatic rings. The predicted octanol–water partition coefficient (Wildman–Crippen LogP) is 0.407. The van der Waals surface area contributed by atoms with Gasteiger partial charge in [-0.2, -0.15) is 4.98 Å². The summed E-state index contributed by atoms with van der Waals surface area (Å²) in [5, 5.41) is 18.1. The molecule has 0 aliphatic heterocycles. The number of nitrogens with zero attached hydrogens (tertiary/aromatic N) is 2. The van der Waals surface area contributed by atoms with Crippen LogP contribution in [0.5, 0.6) is 5.88 Å². The molecule has 0 amide bonds. The van der Waals surface area contributed by atoms with Crippen LogP contribution >= 0.6 is 0 Å². The number of hydrogen-bond acceptors (Lipinski definition) is 4. The number of fused-ring (bicyclic) bond motifs is 1. The van der Waals surface area contributed by atoms with Crippen molar-refractivity contribution in [1.29, 1.82) is 0 Å². The third-order valence-corrected chi connectivity index (χ3v) is 2.24. The summed E-state index contributed by atoms with van der Waals surface area (Å²) < 4.78 is 1.10. The minimum Gasteiger partial charge on any atom is -0.492 e. The Bertz CT molecular complexity index is 645. The summed E-state index contributed by atoms with van der Waals surface area (Å²) in [6.45, 7) is 1.71. The average molecular weight is 220 g/mol. The molecule has 0 unspecified atom stereocenters. The molecule has 6 nitrogen and oxygen atoms in total. The van der Waals surface area contributed by atoms with Crippen LogP contribution in [0.15, 0.2) is 23.1 Å². The molecule has 2 N–H and O–H groups in total. The molecule has 0 atom stereocenters. The van der Waals surface area contributed by atoms with E-state index < -0.39 is 23.0 Å². The Kier molecular flexibility index (Phi) is 2.12. The molecule has 0 aromatic carbocycles. The van der Waals surface area contributed by atoms with Crippen LogP contribution < -0.4 is 5.56 Å². The zero-order valence-electron chi connectivity index (χ0n) is 8.34. The molecule has 0 saturated heterocycles. The molecular formula is C10H8N2O4. The van der Waals surface area contributed by atoms with Gasteiger partial charge in [-0.05, 0) is 18.6 Å². The molecule has 0 fully saturated rings. The molecule has 0 radical (unpaired) electrons. The van der Waals surface area contributed by atoms with Gasteiger partial charge in [0.05, 0.1) is 0 Å². The van der Waals surface area contributed by atoms with Crippen molar-refractivity contribution in [1.82, 2.24) is 9.38 Å². The van der Waals surface area contributed by atoms with Crippen molar-refractivity contribution < 1.29 is 15.0 Å². The molecule has 0 spiro atoms. The Labute approximate surface area is 89.4 Å². The normalized spacial score (nSPS) is 10.6. The van der Waals surface area contributed by atoms with Crippen molar-refractivity contribution in [2.24, 2.45) is 0 Å². The fraction of sp³-hybridized carbons (Fsp3) is 0.100. The van der Waals surface area contributed by atoms with Gasteiger partial charge >= 0.3 is 5.97 Å². The van der Waals surface area contributed by atoms with Gasteiger partial charge in [0, 0.05) is 6.20 Å². The van der Waals surface area contributed by atoms with Crippen LogP contribution in [0.1, 0.15) is 15.9 Å². The summed E-state index contributed by atoms with van der Waals surface area (Å²) in [5.74, 6) is -2.25. The maximum Gasteiger partial charge on any atom is 0.346 e. The second-order valence-electron chi connectivity index (χ2n) is 3.31. The summed E-state index contributed by atoms with van der Waals surface area (Å²) in [4.78, 5) is 26.2. The molecule has 16 heavy (non-hydrogen) atoms. The van der Waals surface area contributed by atoms with Crippen LogP contribution in [0, 0.1) is 6.92 Å². The first-order valence-electron chi connectivity index (χ1n) is 4.46. The minimum absolute atomic E-state index is 0.245. The third kappa shape index (κ3) is 1.31. The van der Waals surface area contributed by atoms with Gasteiger partial charge in [0.2, 0.25) is 5.88 Å². The molecule has 0 aliphatic carbocycles. The average Bonchev–Trinajstić information content (AvgIpc) is 2.19. The van der Waals surface area contributed by atoms with Gasteiger partial charge in [-0.25, -0.2) is 4.79 Å². The van der Waals surface area contributed by atoms with E-state index in [0.29, 0.717) is 5.56 Å². The quantitative estimate of drug-likeness (QED) is 0.726. The molecule has 0 bridgehead atoms. The second kappa shape index (κ2) is 3.34. The van der Waals surface area contributed by atoms with Crippen LogP contribution in [-0.4, -0.2) is 25.6 Å². The summed E-state index contributed by atoms with van der Waals surface area (Å²) in [6, 6.07) is 3.32. The SMILES string of the molecule is Cc1cccn2c(=O)c(C(=O)O)c(O)nc12. The van der Waals surface area contributed by atoms with Crippen molar-refractivity contribution in [3.8, 4) is 5.88 Å². The molecular weight excluding hydrogens is 212 g/mol. The number of aromatic nitrogens is 2. The van der Waals surface area contributed by atoms with E-state index >= 15 is 0 Å². The van der Waals surface area contributed by atoms with Gasteiger partial charge < -0.3 is 10.2 Å². The van der Waals surface area contributed by atoms with Gasteiger partial charge in [0.15, 0.2) is 5.56 Å². The van der Waals surface area contributed by atoms with Gasteiger partial charge in [-0.3, -0.25) is 9.20 Å². The minimum atomic E-state index is -1.49. The Morgan fingerprint density at radius 3 is 2.81 bits per heavy atom. The van der Waals surface area contributed by atoms with Crippen molar-refractivity contribution in [3.05, 3.63) is 39.8 Å². The monoisotopic (exact) mass is 220 g/mol. The molecule has 6 heteroatoms. The van der Waals surface area contributed by atoms with Crippen molar-refractivity contribution >= 4 is 11.6 Å². The number of aryl methyl sites for hydroxylation is 1. The van der Waals surface area contributed by atoms with Crippen molar-refractivity contribution in [2.45, 2.75) is 6.92 Å². The first-order chi connectivity index (χ1) is 7.52. The van der Waals surface area contributed by atoms with Crippen LogP contribution in [0.4, 0.5) is 0 Å². The fourth-order valence-electron chi connectivity index (χ4n) is 1.47. The van der Waals surface area contributed by atoms with E-state index in [1.807, 2.05) is 0 Å². The van der Waals surface area contributed by atoms with Crippen molar-refractivity contribution in [2.75, 3.05) is 0 Å². The number of carboxylic acids is 1. The Morgan fingerprint density at radius 2 is 2.19 bits per heavy atom. The highest BCUT2D eigenvalue weighted by atomic mass is 16.4. The lowest BCUT2D eigenvalue weighted by Gasteiger charge is -2.05. The molecule has 2 rings (SSSR count). The van der Waals surface area contributed by atoms with E-state index in [4.69, 9.17) is 5.11 Å². The Morgan fingerprint density at radius 1 is 1.50 bits per heavy atom. The summed E-state index contributed by atoms with van der Waals surface area (Å²) in [6.07, 6.45) is 1.41. The second-order valence-corrected chi connectivity index (χ2v) is 3.31. The van der Waals surface area contributed by atoms with Crippen LogP contribution in [0.25, 0.3) is 5.65 Å². The first kappa shape index (κ1) is 10.2. The predicted molar refractivity (Wildman–Crippen MR) is 54.8 cm³/mol. The zero-order valence-corrected chi connectivity index (χ0v) is 8.34. The van der Waals surface area contributed by atoms with Crippen molar-refractivity contribution in [3.63, 3.8) is 0 Å². The van der Waals surface area contributed by atoms with Crippen LogP contribution in [-0.2, 0) is 0 Å². The van der Waals surface area contributed by atoms with Crippen LogP contribution in [0.2, 0.25) is 0 Å². The topological polar surface area (TPSA) is 91.9 Å². The molecule has 2 aromatic rings. The highest BCUT2D eigenvalue weighted by Gasteiger charge is 2.18. The smallest absolute Gasteiger partial charge is 0.346 e. The lowest BCUT2D eigenvalue weighted by molar-refractivity contribution is 0.0690. The van der Waals surface area contributed by atoms with Gasteiger partial charge in [0.1, 0.15) is 5.65 Å². The van der Waals surface area contributed by atoms with E-state index in [1.165, 1.54) is 6.20 Å². The van der Waals surface area contributed by atoms with E-state index in [0.717, 1.165) is 4.40 Å². The van der Waals surface area contributed by atoms with Crippen LogP contribution in [0.3, 0.4) is 0 Å². The maximum absolute atomic E-state index is 11.7. The highest BCUT2D eigenvalue weighted by Crippen LogP contribution is 2.13. The van der Waals surface area contributed by atoms with E-state index in [9.17, 15) is 14.7 Å². The first-order valence-corrected chi connectivity index (χ1v) is 4.46. The summed E-state index contributed by atoms with van der Waals surface area (Å²) >= 11 is 0. The zero-order chi connectivity index (χ0) is 11.9. The fourth-order valence-corrected chi connectivity index (χ4v) is 1.47. The van der Waals surface area contributed by atoms with E-state index in [1.54, 1.807) is 19.1 Å². The number of rotatable bonds is 1. The number of carbonyl (C=O) groups is 1. The highest BCUT2D eigenvalue weighted by molar-refractivity contribution is 5.89. The number of hydrogen-bond donors (Lipinski definition) is 2. The number of aromatic hydroxyl groups is 1. The Hall–Kier alpha value is -2.37. The molecule has 0 saturated carbocycles. The molecule has 2 aromatic heterocycles. The molecule has 82 valence electrons. The molecule has 2 heterocycles. The number of aromatic carboxylic acids is 1. The van der Waals surface area contributed by atoms with Gasteiger partial charge in [-0.15, -0.1) is 0 Å². The van der Waals surface area contributed by atoms with Gasteiger partial charge in [-0.1, -0.05) is 6.07 Å². The number of carboxylic acid groups (broad SMARTS) is 1. The largest absolute Gasteiger partial charge is 0.492 e. The van der Waals surface area contributed by atoms with Gasteiger partial charge in [0.25, 0.3) is 5.56 Å². The third-order valence-electron chi connectivity index (χ3n) is 2.24. The maximum atomic E-state index is 11.7. The van der Waals surface area contributed by atoms with E-state index in [2.05, 4.69) is 4.98 Å².